The fraction of sp³-hybridized carbons (Fsp3) is 0.310. The summed E-state index contributed by atoms with van der Waals surface area (Å²) in [4.78, 5) is 27.8. The van der Waals surface area contributed by atoms with E-state index in [9.17, 15) is 18.4 Å². The Morgan fingerprint density at radius 2 is 1.61 bits per heavy atom. The quantitative estimate of drug-likeness (QED) is 0.327. The van der Waals surface area contributed by atoms with Crippen LogP contribution in [0.1, 0.15) is 28.8 Å². The minimum Gasteiger partial charge on any atom is -0.383 e. The van der Waals surface area contributed by atoms with Gasteiger partial charge in [0.15, 0.2) is 11.6 Å². The van der Waals surface area contributed by atoms with E-state index in [1.165, 1.54) is 11.6 Å². The molecule has 0 saturated carbocycles. The summed E-state index contributed by atoms with van der Waals surface area (Å²) >= 11 is 0. The maximum Gasteiger partial charge on any atom is 0.323 e. The topological polar surface area (TPSA) is 82.7 Å². The smallest absolute Gasteiger partial charge is 0.323 e. The molecule has 0 radical (unpaired) electrons. The van der Waals surface area contributed by atoms with E-state index < -0.39 is 17.7 Å². The minimum atomic E-state index is -1.06. The van der Waals surface area contributed by atoms with Crippen molar-refractivity contribution in [3.63, 3.8) is 0 Å². The van der Waals surface area contributed by atoms with Crippen LogP contribution >= 0.6 is 0 Å². The standard InChI is InChI=1S/C29H32F2N4O3/c1-38-16-13-32-28(36)24-18-22(33-29(37)34-23-7-9-25(30)26(31)19-23)8-10-27(24)35-14-11-21(12-15-35)17-20-5-3-2-4-6-20/h2-10,18-19,21H,11-17H2,1H3,(H,32,36)(H2,33,34,37). The van der Waals surface area contributed by atoms with E-state index in [4.69, 9.17) is 4.74 Å². The van der Waals surface area contributed by atoms with Crippen molar-refractivity contribution in [2.24, 2.45) is 5.92 Å². The highest BCUT2D eigenvalue weighted by Gasteiger charge is 2.24. The van der Waals surface area contributed by atoms with E-state index in [0.717, 1.165) is 50.2 Å². The summed E-state index contributed by atoms with van der Waals surface area (Å²) in [7, 11) is 1.56. The van der Waals surface area contributed by atoms with Crippen molar-refractivity contribution >= 4 is 29.0 Å². The van der Waals surface area contributed by atoms with Gasteiger partial charge in [-0.15, -0.1) is 0 Å². The Morgan fingerprint density at radius 1 is 0.921 bits per heavy atom. The van der Waals surface area contributed by atoms with Gasteiger partial charge in [-0.05, 0) is 61.1 Å². The number of benzene rings is 3. The van der Waals surface area contributed by atoms with Gasteiger partial charge in [0.2, 0.25) is 0 Å². The number of urea groups is 1. The number of carbonyl (C=O) groups is 2. The number of piperidine rings is 1. The van der Waals surface area contributed by atoms with Gasteiger partial charge < -0.3 is 25.6 Å². The normalized spacial score (nSPS) is 13.7. The molecule has 7 nitrogen and oxygen atoms in total. The molecule has 9 heteroatoms. The Morgan fingerprint density at radius 3 is 2.29 bits per heavy atom. The maximum absolute atomic E-state index is 13.5. The van der Waals surface area contributed by atoms with Crippen molar-refractivity contribution in [2.75, 3.05) is 48.9 Å². The molecule has 0 aromatic heterocycles. The molecule has 0 bridgehead atoms. The second kappa shape index (κ2) is 13.0. The van der Waals surface area contributed by atoms with Crippen molar-refractivity contribution in [1.82, 2.24) is 5.32 Å². The molecule has 4 rings (SSSR count). The summed E-state index contributed by atoms with van der Waals surface area (Å²) in [6.07, 6.45) is 3.06. The fourth-order valence-corrected chi connectivity index (χ4v) is 4.63. The molecule has 3 N–H and O–H groups in total. The Labute approximate surface area is 221 Å². The average Bonchev–Trinajstić information content (AvgIpc) is 2.92. The third-order valence-electron chi connectivity index (χ3n) is 6.59. The number of rotatable bonds is 9. The number of hydrogen-bond acceptors (Lipinski definition) is 4. The molecule has 1 heterocycles. The highest BCUT2D eigenvalue weighted by atomic mass is 19.2. The zero-order valence-corrected chi connectivity index (χ0v) is 21.3. The van der Waals surface area contributed by atoms with E-state index in [0.29, 0.717) is 30.3 Å². The monoisotopic (exact) mass is 522 g/mol. The van der Waals surface area contributed by atoms with Crippen molar-refractivity contribution in [3.8, 4) is 0 Å². The molecule has 0 unspecified atom stereocenters. The number of ether oxygens (including phenoxy) is 1. The Hall–Kier alpha value is -3.98. The van der Waals surface area contributed by atoms with Crippen molar-refractivity contribution in [3.05, 3.63) is 89.5 Å². The van der Waals surface area contributed by atoms with Crippen LogP contribution in [0.5, 0.6) is 0 Å². The lowest BCUT2D eigenvalue weighted by atomic mass is 9.89. The highest BCUT2D eigenvalue weighted by Crippen LogP contribution is 2.30. The van der Waals surface area contributed by atoms with Crippen LogP contribution < -0.4 is 20.9 Å². The first-order chi connectivity index (χ1) is 18.4. The van der Waals surface area contributed by atoms with Crippen molar-refractivity contribution < 1.29 is 23.1 Å². The molecule has 0 spiro atoms. The molecule has 0 atom stereocenters. The molecule has 200 valence electrons. The molecular formula is C29H32F2N4O3. The Kier molecular flexibility index (Phi) is 9.26. The van der Waals surface area contributed by atoms with Gasteiger partial charge in [-0.2, -0.15) is 0 Å². The van der Waals surface area contributed by atoms with Crippen LogP contribution in [0.3, 0.4) is 0 Å². The van der Waals surface area contributed by atoms with E-state index in [2.05, 4.69) is 45.1 Å². The second-order valence-corrected chi connectivity index (χ2v) is 9.31. The largest absolute Gasteiger partial charge is 0.383 e. The number of halogens is 2. The zero-order valence-electron chi connectivity index (χ0n) is 21.3. The molecule has 1 saturated heterocycles. The summed E-state index contributed by atoms with van der Waals surface area (Å²) < 4.78 is 31.7. The van der Waals surface area contributed by atoms with Gasteiger partial charge in [-0.25, -0.2) is 13.6 Å². The summed E-state index contributed by atoms with van der Waals surface area (Å²) in [5, 5.41) is 7.99. The van der Waals surface area contributed by atoms with Crippen LogP contribution in [-0.2, 0) is 11.2 Å². The van der Waals surface area contributed by atoms with Crippen LogP contribution in [0.25, 0.3) is 0 Å². The molecule has 3 amide bonds. The fourth-order valence-electron chi connectivity index (χ4n) is 4.63. The number of nitrogens with zero attached hydrogens (tertiary/aromatic N) is 1. The number of hydrogen-bond donors (Lipinski definition) is 3. The van der Waals surface area contributed by atoms with Crippen molar-refractivity contribution in [2.45, 2.75) is 19.3 Å². The molecule has 1 aliphatic heterocycles. The molecule has 1 aliphatic rings. The summed E-state index contributed by atoms with van der Waals surface area (Å²) in [6, 6.07) is 18.1. The minimum absolute atomic E-state index is 0.105. The molecule has 3 aromatic rings. The van der Waals surface area contributed by atoms with Crippen LogP contribution in [0.15, 0.2) is 66.7 Å². The highest BCUT2D eigenvalue weighted by molar-refractivity contribution is 6.04. The third-order valence-corrected chi connectivity index (χ3v) is 6.59. The molecular weight excluding hydrogens is 490 g/mol. The van der Waals surface area contributed by atoms with Gasteiger partial charge in [-0.1, -0.05) is 30.3 Å². The van der Waals surface area contributed by atoms with Crippen LogP contribution in [0.2, 0.25) is 0 Å². The Balaban J connectivity index is 1.45. The first-order valence-electron chi connectivity index (χ1n) is 12.7. The maximum atomic E-state index is 13.5. The molecule has 1 fully saturated rings. The third kappa shape index (κ3) is 7.29. The van der Waals surface area contributed by atoms with Crippen LogP contribution in [0.4, 0.5) is 30.6 Å². The number of nitrogens with one attached hydrogen (secondary N) is 3. The second-order valence-electron chi connectivity index (χ2n) is 9.31. The van der Waals surface area contributed by atoms with Gasteiger partial charge in [-0.3, -0.25) is 4.79 Å². The van der Waals surface area contributed by atoms with E-state index >= 15 is 0 Å². The van der Waals surface area contributed by atoms with Gasteiger partial charge in [0.25, 0.3) is 5.91 Å². The number of anilines is 3. The molecule has 0 aliphatic carbocycles. The van der Waals surface area contributed by atoms with E-state index in [1.807, 2.05) is 12.1 Å². The van der Waals surface area contributed by atoms with Crippen LogP contribution in [-0.4, -0.2) is 45.3 Å². The summed E-state index contributed by atoms with van der Waals surface area (Å²) in [6.45, 7) is 2.36. The van der Waals surface area contributed by atoms with Gasteiger partial charge in [0, 0.05) is 49.9 Å². The lowest BCUT2D eigenvalue weighted by Crippen LogP contribution is -2.36. The average molecular weight is 523 g/mol. The van der Waals surface area contributed by atoms with E-state index in [-0.39, 0.29) is 11.6 Å². The lowest BCUT2D eigenvalue weighted by Gasteiger charge is -2.35. The molecule has 3 aromatic carbocycles. The predicted molar refractivity (Wildman–Crippen MR) is 145 cm³/mol. The first-order valence-corrected chi connectivity index (χ1v) is 12.7. The summed E-state index contributed by atoms with van der Waals surface area (Å²) in [5.74, 6) is -1.75. The number of carbonyl (C=O) groups excluding carboxylic acids is 2. The Bertz CT molecular complexity index is 1250. The lowest BCUT2D eigenvalue weighted by molar-refractivity contribution is 0.0937. The number of amides is 3. The zero-order chi connectivity index (χ0) is 26.9. The van der Waals surface area contributed by atoms with Gasteiger partial charge in [0.1, 0.15) is 0 Å². The van der Waals surface area contributed by atoms with Gasteiger partial charge in [0.05, 0.1) is 12.2 Å². The molecule has 38 heavy (non-hydrogen) atoms. The van der Waals surface area contributed by atoms with E-state index in [1.54, 1.807) is 19.2 Å². The van der Waals surface area contributed by atoms with Crippen LogP contribution in [0, 0.1) is 17.6 Å². The number of methoxy groups -OCH3 is 1. The predicted octanol–water partition coefficient (Wildman–Crippen LogP) is 5.44. The van der Waals surface area contributed by atoms with Crippen molar-refractivity contribution in [1.29, 1.82) is 0 Å². The SMILES string of the molecule is COCCNC(=O)c1cc(NC(=O)Nc2ccc(F)c(F)c2)ccc1N1CCC(Cc2ccccc2)CC1. The first kappa shape index (κ1) is 27.1. The summed E-state index contributed by atoms with van der Waals surface area (Å²) in [5.41, 5.74) is 3.07. The van der Waals surface area contributed by atoms with Gasteiger partial charge >= 0.3 is 6.03 Å².